The van der Waals surface area contributed by atoms with E-state index in [-0.39, 0.29) is 11.5 Å². The smallest absolute Gasteiger partial charge is 0.0631 e. The van der Waals surface area contributed by atoms with E-state index in [9.17, 15) is 5.11 Å². The predicted molar refractivity (Wildman–Crippen MR) is 79.4 cm³/mol. The Labute approximate surface area is 123 Å². The Morgan fingerprint density at radius 3 is 2.55 bits per heavy atom. The van der Waals surface area contributed by atoms with Crippen molar-refractivity contribution in [2.24, 2.45) is 28.6 Å². The third kappa shape index (κ3) is 1.64. The van der Waals surface area contributed by atoms with E-state index < -0.39 is 0 Å². The lowest BCUT2D eigenvalue weighted by atomic mass is 9.48. The molecule has 0 unspecified atom stereocenters. The molecule has 7 atom stereocenters. The Morgan fingerprint density at radius 1 is 0.900 bits per heavy atom. The number of fused-ring (bicyclic) bond motifs is 5. The number of rotatable bonds is 0. The Morgan fingerprint density at radius 2 is 1.70 bits per heavy atom. The van der Waals surface area contributed by atoms with Gasteiger partial charge in [-0.05, 0) is 80.0 Å². The molecule has 1 aliphatic heterocycles. The molecule has 3 aliphatic carbocycles. The average Bonchev–Trinajstić information content (AvgIpc) is 2.74. The fourth-order valence-electron chi connectivity index (χ4n) is 6.69. The molecule has 3 saturated carbocycles. The molecule has 0 amide bonds. The fourth-order valence-corrected chi connectivity index (χ4v) is 6.69. The minimum Gasteiger partial charge on any atom is -0.393 e. The first kappa shape index (κ1) is 13.6. The van der Waals surface area contributed by atoms with E-state index in [0.717, 1.165) is 30.8 Å². The molecule has 114 valence electrons. The number of aliphatic hydroxyl groups excluding tert-OH is 1. The third-order valence-electron chi connectivity index (χ3n) is 7.91. The first-order valence-electron chi connectivity index (χ1n) is 8.85. The zero-order valence-corrected chi connectivity index (χ0v) is 13.1. The molecule has 4 aliphatic rings. The van der Waals surface area contributed by atoms with Crippen LogP contribution in [0.2, 0.25) is 0 Å². The van der Waals surface area contributed by atoms with Gasteiger partial charge < -0.3 is 9.84 Å². The van der Waals surface area contributed by atoms with Crippen molar-refractivity contribution in [1.29, 1.82) is 0 Å². The number of hydrogen-bond acceptors (Lipinski definition) is 2. The summed E-state index contributed by atoms with van der Waals surface area (Å²) in [5.74, 6) is 2.48. The maximum absolute atomic E-state index is 10.4. The van der Waals surface area contributed by atoms with E-state index in [4.69, 9.17) is 4.74 Å². The van der Waals surface area contributed by atoms with Gasteiger partial charge in [0.2, 0.25) is 0 Å². The van der Waals surface area contributed by atoms with Crippen LogP contribution in [0.5, 0.6) is 0 Å². The van der Waals surface area contributed by atoms with E-state index in [0.29, 0.717) is 11.5 Å². The summed E-state index contributed by atoms with van der Waals surface area (Å²) in [6, 6.07) is 0. The maximum Gasteiger partial charge on any atom is 0.0631 e. The largest absolute Gasteiger partial charge is 0.393 e. The monoisotopic (exact) mass is 278 g/mol. The minimum absolute atomic E-state index is 0.0402. The standard InChI is InChI=1S/C18H30O2/c1-17-10-8-14-12(13(17)5-6-15(17)19)4-7-16-18(14,2)9-3-11-20-16/h12-16,19H,3-11H2,1-2H3/t12-,13+,14+,15+,16-,17-,18-/m1/s1. The second-order valence-electron chi connectivity index (χ2n) is 8.56. The molecule has 0 radical (unpaired) electrons. The zero-order valence-electron chi connectivity index (χ0n) is 13.1. The summed E-state index contributed by atoms with van der Waals surface area (Å²) in [6.07, 6.45) is 10.6. The summed E-state index contributed by atoms with van der Waals surface area (Å²) in [5, 5.41) is 10.4. The molecule has 4 fully saturated rings. The lowest BCUT2D eigenvalue weighted by Gasteiger charge is -2.59. The van der Waals surface area contributed by atoms with E-state index in [2.05, 4.69) is 13.8 Å². The minimum atomic E-state index is -0.0402. The molecule has 4 rings (SSSR count). The molecule has 0 aromatic rings. The van der Waals surface area contributed by atoms with Gasteiger partial charge in [-0.2, -0.15) is 0 Å². The molecular formula is C18H30O2. The van der Waals surface area contributed by atoms with Crippen molar-refractivity contribution in [2.45, 2.75) is 77.4 Å². The predicted octanol–water partition coefficient (Wildman–Crippen LogP) is 3.77. The van der Waals surface area contributed by atoms with Crippen LogP contribution in [0.25, 0.3) is 0 Å². The molecule has 2 nitrogen and oxygen atoms in total. The molecule has 0 aromatic carbocycles. The number of hydrogen-bond donors (Lipinski definition) is 1. The lowest BCUT2D eigenvalue weighted by Crippen LogP contribution is -2.56. The second-order valence-corrected chi connectivity index (χ2v) is 8.56. The van der Waals surface area contributed by atoms with Crippen LogP contribution in [0.3, 0.4) is 0 Å². The summed E-state index contributed by atoms with van der Waals surface area (Å²) < 4.78 is 6.14. The number of aliphatic hydroxyl groups is 1. The van der Waals surface area contributed by atoms with E-state index in [1.165, 1.54) is 44.9 Å². The summed E-state index contributed by atoms with van der Waals surface area (Å²) >= 11 is 0. The lowest BCUT2D eigenvalue weighted by molar-refractivity contribution is -0.177. The Kier molecular flexibility index (Phi) is 3.03. The van der Waals surface area contributed by atoms with Gasteiger partial charge in [-0.15, -0.1) is 0 Å². The summed E-state index contributed by atoms with van der Waals surface area (Å²) in [7, 11) is 0. The highest BCUT2D eigenvalue weighted by atomic mass is 16.5. The van der Waals surface area contributed by atoms with Crippen LogP contribution in [0.1, 0.15) is 65.2 Å². The van der Waals surface area contributed by atoms with Gasteiger partial charge in [-0.25, -0.2) is 0 Å². The Bertz CT molecular complexity index is 395. The average molecular weight is 278 g/mol. The molecule has 1 heterocycles. The molecule has 0 aromatic heterocycles. The Balaban J connectivity index is 1.64. The highest BCUT2D eigenvalue weighted by Gasteiger charge is 2.59. The fraction of sp³-hybridized carbons (Fsp3) is 1.00. The number of ether oxygens (including phenoxy) is 1. The molecule has 2 heteroatoms. The van der Waals surface area contributed by atoms with Crippen LogP contribution < -0.4 is 0 Å². The van der Waals surface area contributed by atoms with Gasteiger partial charge in [0.15, 0.2) is 0 Å². The van der Waals surface area contributed by atoms with Gasteiger partial charge >= 0.3 is 0 Å². The maximum atomic E-state index is 10.4. The van der Waals surface area contributed by atoms with Crippen LogP contribution in [0.4, 0.5) is 0 Å². The van der Waals surface area contributed by atoms with E-state index in [1.54, 1.807) is 0 Å². The highest BCUT2D eigenvalue weighted by Crippen LogP contribution is 2.64. The topological polar surface area (TPSA) is 29.5 Å². The molecular weight excluding hydrogens is 248 g/mol. The van der Waals surface area contributed by atoms with Gasteiger partial charge in [-0.1, -0.05) is 13.8 Å². The van der Waals surface area contributed by atoms with E-state index >= 15 is 0 Å². The summed E-state index contributed by atoms with van der Waals surface area (Å²) in [4.78, 5) is 0. The quantitative estimate of drug-likeness (QED) is 0.731. The van der Waals surface area contributed by atoms with Crippen molar-refractivity contribution in [1.82, 2.24) is 0 Å². The zero-order chi connectivity index (χ0) is 14.0. The normalized spacial score (nSPS) is 58.6. The Hall–Kier alpha value is -0.0800. The van der Waals surface area contributed by atoms with Crippen LogP contribution in [-0.2, 0) is 4.74 Å². The molecule has 1 saturated heterocycles. The second kappa shape index (κ2) is 4.46. The first-order chi connectivity index (χ1) is 9.56. The van der Waals surface area contributed by atoms with Crippen LogP contribution in [0, 0.1) is 28.6 Å². The molecule has 0 bridgehead atoms. The summed E-state index contributed by atoms with van der Waals surface area (Å²) in [6.45, 7) is 5.87. The van der Waals surface area contributed by atoms with Gasteiger partial charge in [0.25, 0.3) is 0 Å². The van der Waals surface area contributed by atoms with Crippen molar-refractivity contribution < 1.29 is 9.84 Å². The van der Waals surface area contributed by atoms with Crippen molar-refractivity contribution in [3.05, 3.63) is 0 Å². The van der Waals surface area contributed by atoms with Gasteiger partial charge in [0, 0.05) is 6.61 Å². The van der Waals surface area contributed by atoms with Crippen molar-refractivity contribution in [3.8, 4) is 0 Å². The van der Waals surface area contributed by atoms with Crippen LogP contribution in [0.15, 0.2) is 0 Å². The third-order valence-corrected chi connectivity index (χ3v) is 7.91. The highest BCUT2D eigenvalue weighted by molar-refractivity contribution is 5.09. The van der Waals surface area contributed by atoms with Gasteiger partial charge in [-0.3, -0.25) is 0 Å². The molecule has 20 heavy (non-hydrogen) atoms. The van der Waals surface area contributed by atoms with Gasteiger partial charge in [0.1, 0.15) is 0 Å². The van der Waals surface area contributed by atoms with Crippen molar-refractivity contribution >= 4 is 0 Å². The molecule has 0 spiro atoms. The van der Waals surface area contributed by atoms with Crippen molar-refractivity contribution in [2.75, 3.05) is 6.61 Å². The molecule has 1 N–H and O–H groups in total. The van der Waals surface area contributed by atoms with Crippen LogP contribution in [-0.4, -0.2) is 23.9 Å². The first-order valence-corrected chi connectivity index (χ1v) is 8.85. The van der Waals surface area contributed by atoms with Crippen LogP contribution >= 0.6 is 0 Å². The van der Waals surface area contributed by atoms with E-state index in [1.807, 2.05) is 0 Å². The SMILES string of the molecule is C[C@@]12CC[C@H]3[C@H](CC[C@H]4OCCC[C@@]43C)[C@@H]1CC[C@@H]2O. The summed E-state index contributed by atoms with van der Waals surface area (Å²) in [5.41, 5.74) is 0.649. The van der Waals surface area contributed by atoms with Gasteiger partial charge in [0.05, 0.1) is 12.2 Å². The van der Waals surface area contributed by atoms with Crippen molar-refractivity contribution in [3.63, 3.8) is 0 Å².